The molecule has 1 unspecified atom stereocenters. The lowest BCUT2D eigenvalue weighted by Crippen LogP contribution is -2.24. The number of hydrogen-bond donors (Lipinski definition) is 1. The summed E-state index contributed by atoms with van der Waals surface area (Å²) in [5.41, 5.74) is 5.35. The molecule has 0 saturated heterocycles. The summed E-state index contributed by atoms with van der Waals surface area (Å²) in [5.74, 6) is 0. The normalized spacial score (nSPS) is 13.0. The molecule has 0 aromatic heterocycles. The maximum Gasteiger partial charge on any atom is 0.0857 e. The van der Waals surface area contributed by atoms with E-state index in [0.29, 0.717) is 6.54 Å². The molecular weight excluding hydrogens is 159 g/mol. The third-order valence-corrected chi connectivity index (χ3v) is 1.57. The van der Waals surface area contributed by atoms with E-state index >= 15 is 0 Å². The van der Waals surface area contributed by atoms with Gasteiger partial charge in [-0.3, -0.25) is 4.90 Å². The Morgan fingerprint density at radius 2 is 2.00 bits per heavy atom. The first-order valence-electron chi connectivity index (χ1n) is 2.69. The molecule has 0 rings (SSSR count). The van der Waals surface area contributed by atoms with Crippen molar-refractivity contribution in [3.8, 4) is 0 Å². The summed E-state index contributed by atoms with van der Waals surface area (Å²) in [6.45, 7) is 0.659. The van der Waals surface area contributed by atoms with Crippen molar-refractivity contribution in [1.29, 1.82) is 0 Å². The fourth-order valence-electron chi connectivity index (χ4n) is 0.396. The number of alkyl halides is 1. The molecule has 0 fully saturated rings. The topological polar surface area (TPSA) is 29.3 Å². The molecule has 1 atom stereocenters. The smallest absolute Gasteiger partial charge is 0.0857 e. The average Bonchev–Trinajstić information content (AvgIpc) is 1.67. The van der Waals surface area contributed by atoms with E-state index < -0.39 is 0 Å². The van der Waals surface area contributed by atoms with Crippen molar-refractivity contribution in [1.82, 2.24) is 4.90 Å². The van der Waals surface area contributed by atoms with Crippen LogP contribution in [0.1, 0.15) is 6.42 Å². The van der Waals surface area contributed by atoms with Gasteiger partial charge >= 0.3 is 0 Å². The van der Waals surface area contributed by atoms with Gasteiger partial charge in [-0.15, -0.1) is 24.0 Å². The maximum absolute atomic E-state index is 5.76. The van der Waals surface area contributed by atoms with E-state index in [1.54, 1.807) is 0 Å². The van der Waals surface area contributed by atoms with Gasteiger partial charge in [-0.2, -0.15) is 0 Å². The summed E-state index contributed by atoms with van der Waals surface area (Å²) in [7, 11) is 3.88. The van der Waals surface area contributed by atoms with Crippen LogP contribution in [0.25, 0.3) is 0 Å². The highest BCUT2D eigenvalue weighted by molar-refractivity contribution is 6.20. The van der Waals surface area contributed by atoms with Gasteiger partial charge in [-0.1, -0.05) is 0 Å². The summed E-state index contributed by atoms with van der Waals surface area (Å²) in [6, 6.07) is 0. The highest BCUT2D eigenvalue weighted by Gasteiger charge is 2.02. The number of halogens is 2. The van der Waals surface area contributed by atoms with Crippen LogP contribution in [0.4, 0.5) is 0 Å². The van der Waals surface area contributed by atoms with Crippen molar-refractivity contribution in [2.24, 2.45) is 5.73 Å². The molecule has 0 aromatic carbocycles. The Hall–Kier alpha value is 0.500. The van der Waals surface area contributed by atoms with Crippen molar-refractivity contribution in [2.45, 2.75) is 11.9 Å². The van der Waals surface area contributed by atoms with Gasteiger partial charge < -0.3 is 5.73 Å². The van der Waals surface area contributed by atoms with Crippen molar-refractivity contribution in [2.75, 3.05) is 20.6 Å². The van der Waals surface area contributed by atoms with E-state index in [2.05, 4.69) is 0 Å². The Bertz CT molecular complexity index is 58.9. The van der Waals surface area contributed by atoms with Gasteiger partial charge in [0.05, 0.1) is 5.50 Å². The molecule has 0 aliphatic carbocycles. The van der Waals surface area contributed by atoms with Gasteiger partial charge in [-0.25, -0.2) is 0 Å². The molecule has 0 aromatic rings. The lowest BCUT2D eigenvalue weighted by atomic mass is 10.4. The van der Waals surface area contributed by atoms with Crippen LogP contribution in [0.3, 0.4) is 0 Å². The molecule has 0 radical (unpaired) electrons. The highest BCUT2D eigenvalue weighted by Crippen LogP contribution is 2.01. The second-order valence-electron chi connectivity index (χ2n) is 1.98. The SMILES string of the molecule is CN(C)C(Cl)CCN.Cl. The van der Waals surface area contributed by atoms with E-state index in [-0.39, 0.29) is 17.9 Å². The van der Waals surface area contributed by atoms with Gasteiger partial charge in [0.15, 0.2) is 0 Å². The molecule has 58 valence electrons. The zero-order valence-electron chi connectivity index (χ0n) is 5.80. The lowest BCUT2D eigenvalue weighted by Gasteiger charge is -2.15. The van der Waals surface area contributed by atoms with Crippen molar-refractivity contribution >= 4 is 24.0 Å². The van der Waals surface area contributed by atoms with E-state index in [0.717, 1.165) is 6.42 Å². The van der Waals surface area contributed by atoms with Crippen LogP contribution in [0, 0.1) is 0 Å². The van der Waals surface area contributed by atoms with E-state index in [4.69, 9.17) is 17.3 Å². The van der Waals surface area contributed by atoms with Crippen molar-refractivity contribution < 1.29 is 0 Å². The van der Waals surface area contributed by atoms with Gasteiger partial charge in [0.25, 0.3) is 0 Å². The van der Waals surface area contributed by atoms with E-state index in [1.165, 1.54) is 0 Å². The highest BCUT2D eigenvalue weighted by atomic mass is 35.5. The van der Waals surface area contributed by atoms with Crippen LogP contribution in [0.5, 0.6) is 0 Å². The predicted molar refractivity (Wildman–Crippen MR) is 44.2 cm³/mol. The van der Waals surface area contributed by atoms with Crippen LogP contribution >= 0.6 is 24.0 Å². The molecule has 2 N–H and O–H groups in total. The van der Waals surface area contributed by atoms with E-state index in [9.17, 15) is 0 Å². The molecular formula is C5H14Cl2N2. The fraction of sp³-hybridized carbons (Fsp3) is 1.00. The predicted octanol–water partition coefficient (Wildman–Crippen LogP) is 0.883. The van der Waals surface area contributed by atoms with E-state index in [1.807, 2.05) is 19.0 Å². The van der Waals surface area contributed by atoms with Gasteiger partial charge in [-0.05, 0) is 27.1 Å². The Morgan fingerprint density at radius 3 is 2.11 bits per heavy atom. The first kappa shape index (κ1) is 12.2. The first-order valence-corrected chi connectivity index (χ1v) is 3.12. The van der Waals surface area contributed by atoms with Gasteiger partial charge in [0, 0.05) is 0 Å². The molecule has 0 bridgehead atoms. The zero-order chi connectivity index (χ0) is 6.57. The Kier molecular flexibility index (Phi) is 8.97. The third kappa shape index (κ3) is 6.38. The largest absolute Gasteiger partial charge is 0.330 e. The lowest BCUT2D eigenvalue weighted by molar-refractivity contribution is 0.363. The van der Waals surface area contributed by atoms with Crippen LogP contribution in [0.15, 0.2) is 0 Å². The Labute approximate surface area is 67.8 Å². The van der Waals surface area contributed by atoms with Gasteiger partial charge in [0.2, 0.25) is 0 Å². The summed E-state index contributed by atoms with van der Waals surface area (Å²) < 4.78 is 0. The summed E-state index contributed by atoms with van der Waals surface area (Å²) in [6.07, 6.45) is 0.856. The monoisotopic (exact) mass is 172 g/mol. The maximum atomic E-state index is 5.76. The summed E-state index contributed by atoms with van der Waals surface area (Å²) >= 11 is 5.76. The molecule has 2 nitrogen and oxygen atoms in total. The number of nitrogens with zero attached hydrogens (tertiary/aromatic N) is 1. The van der Waals surface area contributed by atoms with Crippen LogP contribution in [-0.4, -0.2) is 31.0 Å². The molecule has 0 aliphatic rings. The fourth-order valence-corrected chi connectivity index (χ4v) is 0.522. The molecule has 9 heavy (non-hydrogen) atoms. The van der Waals surface area contributed by atoms with Crippen molar-refractivity contribution in [3.05, 3.63) is 0 Å². The van der Waals surface area contributed by atoms with Crippen LogP contribution in [-0.2, 0) is 0 Å². The van der Waals surface area contributed by atoms with Crippen molar-refractivity contribution in [3.63, 3.8) is 0 Å². The number of hydrogen-bond acceptors (Lipinski definition) is 2. The third-order valence-electron chi connectivity index (χ3n) is 0.965. The Balaban J connectivity index is 0. The first-order chi connectivity index (χ1) is 3.68. The quantitative estimate of drug-likeness (QED) is 0.507. The summed E-state index contributed by atoms with van der Waals surface area (Å²) in [4.78, 5) is 1.94. The Morgan fingerprint density at radius 1 is 1.56 bits per heavy atom. The molecule has 0 saturated carbocycles. The minimum Gasteiger partial charge on any atom is -0.330 e. The molecule has 0 spiro atoms. The summed E-state index contributed by atoms with van der Waals surface area (Å²) in [5, 5.41) is 0. The molecule has 4 heteroatoms. The van der Waals surface area contributed by atoms with Crippen LogP contribution in [0.2, 0.25) is 0 Å². The zero-order valence-corrected chi connectivity index (χ0v) is 7.37. The molecule has 0 aliphatic heterocycles. The second-order valence-corrected chi connectivity index (χ2v) is 2.48. The minimum absolute atomic E-state index is 0. The van der Waals surface area contributed by atoms with Gasteiger partial charge in [0.1, 0.15) is 0 Å². The minimum atomic E-state index is 0. The van der Waals surface area contributed by atoms with Crippen LogP contribution < -0.4 is 5.73 Å². The molecule has 0 heterocycles. The average molecular weight is 173 g/mol. The second kappa shape index (κ2) is 6.62. The number of rotatable bonds is 3. The number of nitrogens with two attached hydrogens (primary N) is 1. The standard InChI is InChI=1S/C5H13ClN2.ClH/c1-8(2)5(6)3-4-7;/h5H,3-4,7H2,1-2H3;1H. The molecule has 0 amide bonds.